The van der Waals surface area contributed by atoms with E-state index in [1.807, 2.05) is 47.8 Å². The molecule has 1 N–H and O–H groups in total. The van der Waals surface area contributed by atoms with Gasteiger partial charge in [-0.25, -0.2) is 9.48 Å². The molecule has 2 aromatic heterocycles. The highest BCUT2D eigenvalue weighted by molar-refractivity contribution is 7.13. The zero-order valence-corrected chi connectivity index (χ0v) is 17.1. The molecule has 0 atom stereocenters. The number of nitrogens with one attached hydrogen (secondary N) is 1. The number of hydrogen-bond donors (Lipinski definition) is 1. The Morgan fingerprint density at radius 2 is 1.80 bits per heavy atom. The van der Waals surface area contributed by atoms with Crippen LogP contribution >= 0.6 is 22.9 Å². The molecule has 0 aliphatic heterocycles. The van der Waals surface area contributed by atoms with Gasteiger partial charge in [0.2, 0.25) is 0 Å². The summed E-state index contributed by atoms with van der Waals surface area (Å²) in [7, 11) is 0. The summed E-state index contributed by atoms with van der Waals surface area (Å²) in [6.45, 7) is -0.463. The number of para-hydroxylation sites is 1. The van der Waals surface area contributed by atoms with Crippen molar-refractivity contribution in [1.29, 1.82) is 0 Å². The second-order valence-corrected chi connectivity index (χ2v) is 7.50. The van der Waals surface area contributed by atoms with Crippen LogP contribution in [-0.2, 0) is 9.53 Å². The molecule has 150 valence electrons. The number of esters is 1. The van der Waals surface area contributed by atoms with E-state index >= 15 is 0 Å². The van der Waals surface area contributed by atoms with Crippen LogP contribution in [-0.4, -0.2) is 33.2 Å². The molecule has 0 saturated heterocycles. The number of benzene rings is 2. The number of amides is 1. The van der Waals surface area contributed by atoms with Gasteiger partial charge in [-0.1, -0.05) is 35.9 Å². The molecule has 0 saturated carbocycles. The Morgan fingerprint density at radius 1 is 1.03 bits per heavy atom. The molecule has 0 radical (unpaired) electrons. The van der Waals surface area contributed by atoms with E-state index in [9.17, 15) is 9.59 Å². The summed E-state index contributed by atoms with van der Waals surface area (Å²) in [5.41, 5.74) is 1.31. The molecular weight excluding hydrogens is 424 g/mol. The number of rotatable bonds is 6. The number of nitrogens with zero attached hydrogens (tertiary/aromatic N) is 3. The Morgan fingerprint density at radius 3 is 2.50 bits per heavy atom. The maximum absolute atomic E-state index is 12.5. The van der Waals surface area contributed by atoms with E-state index in [2.05, 4.69) is 15.4 Å². The average Bonchev–Trinajstić information content (AvgIpc) is 3.44. The highest BCUT2D eigenvalue weighted by atomic mass is 35.5. The molecule has 9 heteroatoms. The smallest absolute Gasteiger partial charge is 0.378 e. The molecule has 7 nitrogen and oxygen atoms in total. The third-order valence-corrected chi connectivity index (χ3v) is 5.11. The topological polar surface area (TPSA) is 86.1 Å². The molecule has 0 unspecified atom stereocenters. The lowest BCUT2D eigenvalue weighted by Crippen LogP contribution is -2.21. The van der Waals surface area contributed by atoms with E-state index in [0.717, 1.165) is 10.6 Å². The van der Waals surface area contributed by atoms with Crippen LogP contribution in [0.4, 0.5) is 5.69 Å². The third kappa shape index (κ3) is 4.56. The zero-order valence-electron chi connectivity index (χ0n) is 15.5. The van der Waals surface area contributed by atoms with Crippen molar-refractivity contribution in [2.45, 2.75) is 0 Å². The predicted molar refractivity (Wildman–Crippen MR) is 115 cm³/mol. The van der Waals surface area contributed by atoms with Crippen LogP contribution in [0, 0.1) is 0 Å². The minimum Gasteiger partial charge on any atom is -0.450 e. The fourth-order valence-corrected chi connectivity index (χ4v) is 3.46. The molecule has 0 aliphatic rings. The highest BCUT2D eigenvalue weighted by Crippen LogP contribution is 2.25. The summed E-state index contributed by atoms with van der Waals surface area (Å²) >= 11 is 7.30. The Hall–Kier alpha value is -3.49. The van der Waals surface area contributed by atoms with E-state index in [1.165, 1.54) is 11.3 Å². The number of thiophene rings is 1. The van der Waals surface area contributed by atoms with E-state index < -0.39 is 18.5 Å². The van der Waals surface area contributed by atoms with Gasteiger partial charge in [0.1, 0.15) is 0 Å². The molecule has 0 aliphatic carbocycles. The Kier molecular flexibility index (Phi) is 5.87. The number of carbonyl (C=O) groups is 2. The van der Waals surface area contributed by atoms with Crippen molar-refractivity contribution in [3.8, 4) is 16.4 Å². The first-order valence-electron chi connectivity index (χ1n) is 8.89. The molecule has 0 bridgehead atoms. The summed E-state index contributed by atoms with van der Waals surface area (Å²) in [5.74, 6) is -0.865. The van der Waals surface area contributed by atoms with Crippen molar-refractivity contribution < 1.29 is 14.3 Å². The van der Waals surface area contributed by atoms with Gasteiger partial charge in [-0.3, -0.25) is 4.79 Å². The molecule has 0 spiro atoms. The fraction of sp³-hybridized carbons (Fsp3) is 0.0476. The van der Waals surface area contributed by atoms with Crippen LogP contribution in [0.3, 0.4) is 0 Å². The summed E-state index contributed by atoms with van der Waals surface area (Å²) in [4.78, 5) is 29.7. The summed E-state index contributed by atoms with van der Waals surface area (Å²) in [6, 6.07) is 19.7. The van der Waals surface area contributed by atoms with Gasteiger partial charge in [-0.05, 0) is 47.8 Å². The maximum Gasteiger partial charge on any atom is 0.378 e. The Bertz CT molecular complexity index is 1160. The van der Waals surface area contributed by atoms with Crippen molar-refractivity contribution >= 4 is 40.5 Å². The SMILES string of the molecule is O=C(COC(=O)c1nc(-c2cccs2)n(-c2ccccc2)n1)Nc1ccc(Cl)cc1. The number of aromatic nitrogens is 3. The first-order chi connectivity index (χ1) is 14.6. The molecule has 0 fully saturated rings. The third-order valence-electron chi connectivity index (χ3n) is 3.99. The number of ether oxygens (including phenoxy) is 1. The van der Waals surface area contributed by atoms with Gasteiger partial charge in [0, 0.05) is 10.7 Å². The lowest BCUT2D eigenvalue weighted by atomic mass is 10.3. The van der Waals surface area contributed by atoms with Gasteiger partial charge in [0.25, 0.3) is 11.7 Å². The number of carbonyl (C=O) groups excluding carboxylic acids is 2. The molecule has 1 amide bonds. The second-order valence-electron chi connectivity index (χ2n) is 6.11. The monoisotopic (exact) mass is 438 g/mol. The fourth-order valence-electron chi connectivity index (χ4n) is 2.64. The minimum atomic E-state index is -0.784. The van der Waals surface area contributed by atoms with E-state index in [0.29, 0.717) is 16.5 Å². The number of hydrogen-bond acceptors (Lipinski definition) is 6. The largest absolute Gasteiger partial charge is 0.450 e. The number of halogens is 1. The van der Waals surface area contributed by atoms with Crippen LogP contribution in [0.2, 0.25) is 5.02 Å². The quantitative estimate of drug-likeness (QED) is 0.449. The molecule has 30 heavy (non-hydrogen) atoms. The van der Waals surface area contributed by atoms with Crippen molar-refractivity contribution in [2.75, 3.05) is 11.9 Å². The van der Waals surface area contributed by atoms with Gasteiger partial charge < -0.3 is 10.1 Å². The molecule has 2 aromatic carbocycles. The van der Waals surface area contributed by atoms with Crippen LogP contribution in [0.15, 0.2) is 72.1 Å². The zero-order chi connectivity index (χ0) is 20.9. The number of anilines is 1. The van der Waals surface area contributed by atoms with E-state index in [-0.39, 0.29) is 5.82 Å². The lowest BCUT2D eigenvalue weighted by molar-refractivity contribution is -0.119. The lowest BCUT2D eigenvalue weighted by Gasteiger charge is -2.05. The van der Waals surface area contributed by atoms with E-state index in [4.69, 9.17) is 16.3 Å². The molecular formula is C21H15ClN4O3S. The van der Waals surface area contributed by atoms with Gasteiger partial charge in [0.05, 0.1) is 10.6 Å². The molecule has 4 rings (SSSR count). The Balaban J connectivity index is 1.49. The standard InChI is InChI=1S/C21H15ClN4O3S/c22-14-8-10-15(11-9-14)23-18(27)13-29-21(28)19-24-20(17-7-4-12-30-17)26(25-19)16-5-2-1-3-6-16/h1-12H,13H2,(H,23,27). The van der Waals surface area contributed by atoms with E-state index in [1.54, 1.807) is 28.9 Å². The summed E-state index contributed by atoms with van der Waals surface area (Å²) < 4.78 is 6.67. The van der Waals surface area contributed by atoms with Gasteiger partial charge in [-0.15, -0.1) is 16.4 Å². The summed E-state index contributed by atoms with van der Waals surface area (Å²) in [5, 5.41) is 9.39. The minimum absolute atomic E-state index is 0.124. The summed E-state index contributed by atoms with van der Waals surface area (Å²) in [6.07, 6.45) is 0. The van der Waals surface area contributed by atoms with Crippen molar-refractivity contribution in [2.24, 2.45) is 0 Å². The van der Waals surface area contributed by atoms with Crippen molar-refractivity contribution in [1.82, 2.24) is 14.8 Å². The molecule has 4 aromatic rings. The first kappa shape index (κ1) is 19.8. The van der Waals surface area contributed by atoms with Gasteiger partial charge in [0.15, 0.2) is 12.4 Å². The molecule has 2 heterocycles. The average molecular weight is 439 g/mol. The predicted octanol–water partition coefficient (Wildman–Crippen LogP) is 4.44. The highest BCUT2D eigenvalue weighted by Gasteiger charge is 2.21. The van der Waals surface area contributed by atoms with Crippen LogP contribution in [0.1, 0.15) is 10.6 Å². The first-order valence-corrected chi connectivity index (χ1v) is 10.1. The van der Waals surface area contributed by atoms with Crippen LogP contribution in [0.25, 0.3) is 16.4 Å². The van der Waals surface area contributed by atoms with Crippen molar-refractivity contribution in [3.05, 3.63) is 83.0 Å². The Labute approximate surface area is 180 Å². The normalized spacial score (nSPS) is 10.6. The van der Waals surface area contributed by atoms with Crippen LogP contribution < -0.4 is 5.32 Å². The van der Waals surface area contributed by atoms with Crippen LogP contribution in [0.5, 0.6) is 0 Å². The van der Waals surface area contributed by atoms with Crippen molar-refractivity contribution in [3.63, 3.8) is 0 Å². The van der Waals surface area contributed by atoms with Gasteiger partial charge in [-0.2, -0.15) is 4.98 Å². The second kappa shape index (κ2) is 8.89. The van der Waals surface area contributed by atoms with Gasteiger partial charge >= 0.3 is 5.97 Å². The maximum atomic E-state index is 12.5.